The van der Waals surface area contributed by atoms with E-state index in [0.717, 1.165) is 18.4 Å². The van der Waals surface area contributed by atoms with Crippen LogP contribution in [0.3, 0.4) is 0 Å². The molecule has 1 aliphatic carbocycles. The highest BCUT2D eigenvalue weighted by Crippen LogP contribution is 2.25. The molecule has 150 valence electrons. The molecule has 0 aromatic heterocycles. The fourth-order valence-corrected chi connectivity index (χ4v) is 3.09. The molecular weight excluding hydrogens is 366 g/mol. The number of hydrogen-bond acceptors (Lipinski definition) is 4. The topological polar surface area (TPSA) is 79.8 Å². The van der Waals surface area contributed by atoms with Crippen LogP contribution in [0.2, 0.25) is 0 Å². The number of nitrogens with one attached hydrogen (secondary N) is 2. The van der Waals surface area contributed by atoms with E-state index in [4.69, 9.17) is 4.74 Å². The summed E-state index contributed by atoms with van der Waals surface area (Å²) in [5.41, 5.74) is 6.06. The molecule has 0 bridgehead atoms. The van der Waals surface area contributed by atoms with Gasteiger partial charge in [-0.1, -0.05) is 42.5 Å². The summed E-state index contributed by atoms with van der Waals surface area (Å²) in [5, 5.41) is 6.32. The van der Waals surface area contributed by atoms with Gasteiger partial charge in [0.2, 0.25) is 0 Å². The van der Waals surface area contributed by atoms with Gasteiger partial charge in [-0.3, -0.25) is 9.59 Å². The van der Waals surface area contributed by atoms with E-state index >= 15 is 0 Å². The number of carbonyl (C=O) groups excluding carboxylic acids is 2. The zero-order chi connectivity index (χ0) is 20.3. The molecule has 29 heavy (non-hydrogen) atoms. The normalized spacial score (nSPS) is 13.2. The summed E-state index contributed by atoms with van der Waals surface area (Å²) < 4.78 is 5.54. The zero-order valence-electron chi connectivity index (χ0n) is 16.3. The quantitative estimate of drug-likeness (QED) is 0.536. The van der Waals surface area contributed by atoms with Crippen LogP contribution in [0.4, 0.5) is 0 Å². The molecule has 6 heteroatoms. The van der Waals surface area contributed by atoms with Crippen molar-refractivity contribution in [1.82, 2.24) is 10.7 Å². The number of ether oxygens (including phenoxy) is 1. The van der Waals surface area contributed by atoms with Crippen molar-refractivity contribution in [3.05, 3.63) is 71.3 Å². The van der Waals surface area contributed by atoms with Gasteiger partial charge >= 0.3 is 0 Å². The molecule has 0 fully saturated rings. The van der Waals surface area contributed by atoms with Crippen molar-refractivity contribution < 1.29 is 14.3 Å². The smallest absolute Gasteiger partial charge is 0.259 e. The van der Waals surface area contributed by atoms with Crippen LogP contribution in [0.25, 0.3) is 6.08 Å². The van der Waals surface area contributed by atoms with Crippen LogP contribution in [0.5, 0.6) is 5.75 Å². The standard InChI is InChI=1S/C23H25N3O3/c27-22(26-25-14-6-9-18-7-2-1-3-8-18)16-24-23(28)17-29-21-13-12-19-10-4-5-11-20(19)15-21/h1-3,6-9,12-15H,4-5,10-11,16-17H2,(H,24,28)(H,26,27)/b9-6+,25-14-. The molecule has 3 rings (SSSR count). The Morgan fingerprint density at radius 3 is 2.62 bits per heavy atom. The van der Waals surface area contributed by atoms with Gasteiger partial charge in [0, 0.05) is 6.21 Å². The van der Waals surface area contributed by atoms with E-state index in [2.05, 4.69) is 21.9 Å². The summed E-state index contributed by atoms with van der Waals surface area (Å²) in [5.74, 6) is -0.0811. The molecule has 2 aromatic carbocycles. The second-order valence-corrected chi connectivity index (χ2v) is 6.79. The van der Waals surface area contributed by atoms with Crippen molar-refractivity contribution >= 4 is 24.1 Å². The molecule has 6 nitrogen and oxygen atoms in total. The van der Waals surface area contributed by atoms with E-state index in [1.165, 1.54) is 30.2 Å². The van der Waals surface area contributed by atoms with E-state index < -0.39 is 5.91 Å². The average Bonchev–Trinajstić information content (AvgIpc) is 2.76. The van der Waals surface area contributed by atoms with Crippen molar-refractivity contribution in [2.45, 2.75) is 25.7 Å². The van der Waals surface area contributed by atoms with Crippen molar-refractivity contribution in [3.8, 4) is 5.75 Å². The minimum Gasteiger partial charge on any atom is -0.484 e. The Labute approximate surface area is 170 Å². The Kier molecular flexibility index (Phi) is 7.57. The third kappa shape index (κ3) is 6.92. The van der Waals surface area contributed by atoms with E-state index in [1.54, 1.807) is 6.08 Å². The minimum atomic E-state index is -0.406. The monoisotopic (exact) mass is 391 g/mol. The molecule has 0 radical (unpaired) electrons. The Hall–Kier alpha value is -3.41. The van der Waals surface area contributed by atoms with Crippen LogP contribution in [0.1, 0.15) is 29.5 Å². The predicted molar refractivity (Wildman–Crippen MR) is 114 cm³/mol. The number of amides is 2. The molecule has 0 aliphatic heterocycles. The zero-order valence-corrected chi connectivity index (χ0v) is 16.3. The van der Waals surface area contributed by atoms with Gasteiger partial charge in [0.25, 0.3) is 11.8 Å². The molecule has 1 aliphatic rings. The Morgan fingerprint density at radius 2 is 1.79 bits per heavy atom. The SMILES string of the molecule is O=C(COc1ccc2c(c1)CCCC2)NCC(=O)N/N=C\C=C\c1ccccc1. The average molecular weight is 391 g/mol. The Bertz CT molecular complexity index is 891. The van der Waals surface area contributed by atoms with Gasteiger partial charge in [-0.15, -0.1) is 0 Å². The summed E-state index contributed by atoms with van der Waals surface area (Å²) in [7, 11) is 0. The number of rotatable bonds is 8. The van der Waals surface area contributed by atoms with Gasteiger partial charge < -0.3 is 10.1 Å². The fraction of sp³-hybridized carbons (Fsp3) is 0.261. The maximum atomic E-state index is 11.9. The number of carbonyl (C=O) groups is 2. The van der Waals surface area contributed by atoms with Gasteiger partial charge in [0.1, 0.15) is 5.75 Å². The number of hydrazone groups is 1. The second kappa shape index (κ2) is 10.8. The Balaban J connectivity index is 1.33. The molecule has 0 heterocycles. The Morgan fingerprint density at radius 1 is 1.00 bits per heavy atom. The van der Waals surface area contributed by atoms with Crippen LogP contribution in [0, 0.1) is 0 Å². The number of aryl methyl sites for hydroxylation is 2. The second-order valence-electron chi connectivity index (χ2n) is 6.79. The molecule has 0 spiro atoms. The number of hydrogen-bond donors (Lipinski definition) is 2. The van der Waals surface area contributed by atoms with E-state index in [-0.39, 0.29) is 19.1 Å². The number of fused-ring (bicyclic) bond motifs is 1. The van der Waals surface area contributed by atoms with Crippen molar-refractivity contribution in [2.24, 2.45) is 5.10 Å². The van der Waals surface area contributed by atoms with Crippen molar-refractivity contribution in [2.75, 3.05) is 13.2 Å². The summed E-state index contributed by atoms with van der Waals surface area (Å²) in [4.78, 5) is 23.6. The molecule has 0 saturated heterocycles. The van der Waals surface area contributed by atoms with Gasteiger partial charge in [-0.25, -0.2) is 5.43 Å². The number of nitrogens with zero attached hydrogens (tertiary/aromatic N) is 1. The lowest BCUT2D eigenvalue weighted by atomic mass is 9.92. The lowest BCUT2D eigenvalue weighted by Crippen LogP contribution is -2.37. The highest BCUT2D eigenvalue weighted by Gasteiger charge is 2.11. The highest BCUT2D eigenvalue weighted by molar-refractivity contribution is 5.86. The fourth-order valence-electron chi connectivity index (χ4n) is 3.09. The summed E-state index contributed by atoms with van der Waals surface area (Å²) in [6.45, 7) is -0.290. The maximum absolute atomic E-state index is 11.9. The molecule has 2 amide bonds. The largest absolute Gasteiger partial charge is 0.484 e. The molecule has 0 unspecified atom stereocenters. The first-order valence-corrected chi connectivity index (χ1v) is 9.75. The molecule has 0 atom stereocenters. The summed E-state index contributed by atoms with van der Waals surface area (Å²) in [6, 6.07) is 15.7. The number of benzene rings is 2. The predicted octanol–water partition coefficient (Wildman–Crippen LogP) is 2.88. The lowest BCUT2D eigenvalue weighted by molar-refractivity contribution is -0.127. The first-order chi connectivity index (χ1) is 14.2. The van der Waals surface area contributed by atoms with Crippen LogP contribution in [0.15, 0.2) is 59.7 Å². The van der Waals surface area contributed by atoms with Crippen LogP contribution >= 0.6 is 0 Å². The lowest BCUT2D eigenvalue weighted by Gasteiger charge is -2.16. The highest BCUT2D eigenvalue weighted by atomic mass is 16.5. The summed E-state index contributed by atoms with van der Waals surface area (Å²) >= 11 is 0. The first kappa shape index (κ1) is 20.3. The van der Waals surface area contributed by atoms with Crippen LogP contribution in [-0.2, 0) is 22.4 Å². The minimum absolute atomic E-state index is 0.130. The summed E-state index contributed by atoms with van der Waals surface area (Å²) in [6.07, 6.45) is 9.65. The van der Waals surface area contributed by atoms with E-state index in [9.17, 15) is 9.59 Å². The van der Waals surface area contributed by atoms with Gasteiger partial charge in [-0.05, 0) is 60.6 Å². The van der Waals surface area contributed by atoms with Gasteiger partial charge in [0.05, 0.1) is 6.54 Å². The third-order valence-corrected chi connectivity index (χ3v) is 4.57. The number of allylic oxidation sites excluding steroid dienone is 1. The third-order valence-electron chi connectivity index (χ3n) is 4.57. The van der Waals surface area contributed by atoms with Crippen LogP contribution < -0.4 is 15.5 Å². The van der Waals surface area contributed by atoms with Gasteiger partial charge in [0.15, 0.2) is 6.61 Å². The first-order valence-electron chi connectivity index (χ1n) is 9.75. The molecule has 0 saturated carbocycles. The van der Waals surface area contributed by atoms with Gasteiger partial charge in [-0.2, -0.15) is 5.10 Å². The molecule has 2 N–H and O–H groups in total. The van der Waals surface area contributed by atoms with Crippen molar-refractivity contribution in [1.29, 1.82) is 0 Å². The van der Waals surface area contributed by atoms with Crippen LogP contribution in [-0.4, -0.2) is 31.2 Å². The van der Waals surface area contributed by atoms with Crippen molar-refractivity contribution in [3.63, 3.8) is 0 Å². The molecule has 2 aromatic rings. The maximum Gasteiger partial charge on any atom is 0.259 e. The van der Waals surface area contributed by atoms with E-state index in [0.29, 0.717) is 5.75 Å². The molecular formula is C23H25N3O3. The van der Waals surface area contributed by atoms with E-state index in [1.807, 2.05) is 48.5 Å².